The minimum absolute atomic E-state index is 0.106. The number of carbonyl (C=O) groups excluding carboxylic acids is 1. The first kappa shape index (κ1) is 11.4. The van der Waals surface area contributed by atoms with Gasteiger partial charge in [0.1, 0.15) is 6.04 Å². The Bertz CT molecular complexity index is 497. The highest BCUT2D eigenvalue weighted by molar-refractivity contribution is 7.80. The normalized spacial score (nSPS) is 21.9. The lowest BCUT2D eigenvalue weighted by molar-refractivity contribution is -0.128. The van der Waals surface area contributed by atoms with Crippen LogP contribution in [0.5, 0.6) is 0 Å². The van der Waals surface area contributed by atoms with Gasteiger partial charge in [0.2, 0.25) is 0 Å². The molecule has 1 aromatic carbocycles. The van der Waals surface area contributed by atoms with Crippen molar-refractivity contribution in [3.63, 3.8) is 0 Å². The molecule has 1 atom stereocenters. The zero-order valence-electron chi connectivity index (χ0n) is 10.0. The molecule has 0 aromatic heterocycles. The van der Waals surface area contributed by atoms with Gasteiger partial charge in [-0.3, -0.25) is 9.69 Å². The summed E-state index contributed by atoms with van der Waals surface area (Å²) < 4.78 is 0. The maximum Gasteiger partial charge on any atom is 0.252 e. The van der Waals surface area contributed by atoms with E-state index in [1.54, 1.807) is 11.0 Å². The Labute approximate surface area is 112 Å². The number of thiocarbonyl (C=S) groups is 1. The lowest BCUT2D eigenvalue weighted by Gasteiger charge is -2.30. The predicted octanol–water partition coefficient (Wildman–Crippen LogP) is 1.73. The van der Waals surface area contributed by atoms with Crippen LogP contribution in [0.15, 0.2) is 36.9 Å². The minimum atomic E-state index is -0.118. The fourth-order valence-electron chi connectivity index (χ4n) is 2.67. The first-order valence-corrected chi connectivity index (χ1v) is 6.43. The van der Waals surface area contributed by atoms with Crippen molar-refractivity contribution >= 4 is 23.2 Å². The maximum atomic E-state index is 12.3. The third-order valence-corrected chi connectivity index (χ3v) is 4.04. The Morgan fingerprint density at radius 3 is 2.83 bits per heavy atom. The molecule has 1 saturated heterocycles. The van der Waals surface area contributed by atoms with Crippen LogP contribution in [0, 0.1) is 0 Å². The monoisotopic (exact) mass is 258 g/mol. The van der Waals surface area contributed by atoms with Crippen molar-refractivity contribution in [2.24, 2.45) is 0 Å². The number of nitrogens with zero attached hydrogens (tertiary/aromatic N) is 2. The maximum absolute atomic E-state index is 12.3. The Hall–Kier alpha value is -1.68. The molecule has 0 unspecified atom stereocenters. The molecule has 18 heavy (non-hydrogen) atoms. The van der Waals surface area contributed by atoms with Crippen molar-refractivity contribution in [2.75, 3.05) is 6.54 Å². The number of hydrogen-bond donors (Lipinski definition) is 0. The number of amides is 1. The Morgan fingerprint density at radius 2 is 2.11 bits per heavy atom. The van der Waals surface area contributed by atoms with Crippen molar-refractivity contribution in [3.8, 4) is 0 Å². The molecular formula is C14H14N2OS. The summed E-state index contributed by atoms with van der Waals surface area (Å²) in [6, 6.07) is 8.14. The molecule has 0 aliphatic carbocycles. The van der Waals surface area contributed by atoms with E-state index in [1.807, 2.05) is 17.0 Å². The highest BCUT2D eigenvalue weighted by atomic mass is 32.1. The summed E-state index contributed by atoms with van der Waals surface area (Å²) in [6.07, 6.45) is 2.47. The molecule has 0 saturated carbocycles. The number of rotatable bonds is 2. The van der Waals surface area contributed by atoms with E-state index in [9.17, 15) is 4.79 Å². The Kier molecular flexibility index (Phi) is 2.67. The molecule has 1 fully saturated rings. The van der Waals surface area contributed by atoms with Crippen LogP contribution in [-0.4, -0.2) is 33.4 Å². The van der Waals surface area contributed by atoms with Crippen LogP contribution in [0.3, 0.4) is 0 Å². The van der Waals surface area contributed by atoms with Gasteiger partial charge < -0.3 is 4.90 Å². The fourth-order valence-corrected chi connectivity index (χ4v) is 3.03. The van der Waals surface area contributed by atoms with E-state index in [0.29, 0.717) is 11.7 Å². The smallest absolute Gasteiger partial charge is 0.252 e. The van der Waals surface area contributed by atoms with Crippen LogP contribution < -0.4 is 0 Å². The molecule has 1 amide bonds. The Morgan fingerprint density at radius 1 is 1.39 bits per heavy atom. The first-order valence-electron chi connectivity index (χ1n) is 6.02. The molecule has 0 N–H and O–H groups in total. The van der Waals surface area contributed by atoms with Gasteiger partial charge in [0, 0.05) is 19.5 Å². The summed E-state index contributed by atoms with van der Waals surface area (Å²) in [6.45, 7) is 4.91. The standard InChI is InChI=1S/C14H14N2OS/c1-2-7-15-13(17)12-8-10-5-3-4-6-11(10)9-16(12)14(15)18/h2-6,12H,1,7-9H2/t12-/m0/s1. The summed E-state index contributed by atoms with van der Waals surface area (Å²) in [4.78, 5) is 16.0. The molecule has 0 bridgehead atoms. The molecule has 3 nitrogen and oxygen atoms in total. The van der Waals surface area contributed by atoms with Gasteiger partial charge in [-0.05, 0) is 23.3 Å². The van der Waals surface area contributed by atoms with E-state index >= 15 is 0 Å². The zero-order chi connectivity index (χ0) is 12.7. The first-order chi connectivity index (χ1) is 8.72. The van der Waals surface area contributed by atoms with E-state index < -0.39 is 0 Å². The zero-order valence-corrected chi connectivity index (χ0v) is 10.8. The van der Waals surface area contributed by atoms with Gasteiger partial charge in [-0.15, -0.1) is 6.58 Å². The molecule has 2 aliphatic rings. The quantitative estimate of drug-likeness (QED) is 0.596. The number of hydrogen-bond acceptors (Lipinski definition) is 2. The molecule has 0 spiro atoms. The van der Waals surface area contributed by atoms with E-state index in [4.69, 9.17) is 12.2 Å². The van der Waals surface area contributed by atoms with Crippen LogP contribution in [0.25, 0.3) is 0 Å². The SMILES string of the molecule is C=CCN1C(=O)[C@@H]2Cc3ccccc3CN2C1=S. The average molecular weight is 258 g/mol. The predicted molar refractivity (Wildman–Crippen MR) is 74.0 cm³/mol. The van der Waals surface area contributed by atoms with Crippen molar-refractivity contribution in [1.29, 1.82) is 0 Å². The van der Waals surface area contributed by atoms with E-state index in [0.717, 1.165) is 13.0 Å². The fraction of sp³-hybridized carbons (Fsp3) is 0.286. The van der Waals surface area contributed by atoms with E-state index in [1.165, 1.54) is 11.1 Å². The van der Waals surface area contributed by atoms with Gasteiger partial charge >= 0.3 is 0 Å². The molecule has 2 aliphatic heterocycles. The van der Waals surface area contributed by atoms with Crippen LogP contribution in [0.2, 0.25) is 0 Å². The number of benzene rings is 1. The Balaban J connectivity index is 1.95. The molecule has 92 valence electrons. The van der Waals surface area contributed by atoms with Crippen LogP contribution in [-0.2, 0) is 17.8 Å². The van der Waals surface area contributed by atoms with E-state index in [-0.39, 0.29) is 11.9 Å². The largest absolute Gasteiger partial charge is 0.332 e. The highest BCUT2D eigenvalue weighted by Gasteiger charge is 2.43. The van der Waals surface area contributed by atoms with Gasteiger partial charge in [0.15, 0.2) is 5.11 Å². The second-order valence-corrected chi connectivity index (χ2v) is 5.00. The second-order valence-electron chi connectivity index (χ2n) is 4.64. The highest BCUT2D eigenvalue weighted by Crippen LogP contribution is 2.29. The van der Waals surface area contributed by atoms with Crippen LogP contribution >= 0.6 is 12.2 Å². The van der Waals surface area contributed by atoms with Gasteiger partial charge in [0.05, 0.1) is 0 Å². The lowest BCUT2D eigenvalue weighted by Crippen LogP contribution is -2.39. The third-order valence-electron chi connectivity index (χ3n) is 3.59. The van der Waals surface area contributed by atoms with Gasteiger partial charge in [0.25, 0.3) is 5.91 Å². The molecule has 2 heterocycles. The minimum Gasteiger partial charge on any atom is -0.332 e. The molecule has 4 heteroatoms. The number of carbonyl (C=O) groups is 1. The molecule has 0 radical (unpaired) electrons. The summed E-state index contributed by atoms with van der Waals surface area (Å²) in [7, 11) is 0. The van der Waals surface area contributed by atoms with Gasteiger partial charge in [-0.2, -0.15) is 0 Å². The summed E-state index contributed by atoms with van der Waals surface area (Å²) in [5.74, 6) is 0.106. The summed E-state index contributed by atoms with van der Waals surface area (Å²) in [5.41, 5.74) is 2.53. The van der Waals surface area contributed by atoms with Crippen molar-refractivity contribution in [1.82, 2.24) is 9.80 Å². The van der Waals surface area contributed by atoms with E-state index in [2.05, 4.69) is 18.7 Å². The molecule has 1 aromatic rings. The lowest BCUT2D eigenvalue weighted by atomic mass is 9.95. The van der Waals surface area contributed by atoms with Gasteiger partial charge in [-0.25, -0.2) is 0 Å². The third kappa shape index (κ3) is 1.56. The van der Waals surface area contributed by atoms with Crippen molar-refractivity contribution in [3.05, 3.63) is 48.0 Å². The van der Waals surface area contributed by atoms with Crippen molar-refractivity contribution < 1.29 is 4.79 Å². The summed E-state index contributed by atoms with van der Waals surface area (Å²) in [5, 5.41) is 0.638. The van der Waals surface area contributed by atoms with Gasteiger partial charge in [-0.1, -0.05) is 30.3 Å². The average Bonchev–Trinajstić information content (AvgIpc) is 2.62. The second kappa shape index (κ2) is 4.21. The van der Waals surface area contributed by atoms with Crippen LogP contribution in [0.1, 0.15) is 11.1 Å². The van der Waals surface area contributed by atoms with Crippen LogP contribution in [0.4, 0.5) is 0 Å². The molecule has 3 rings (SSSR count). The number of fused-ring (bicyclic) bond motifs is 2. The topological polar surface area (TPSA) is 23.6 Å². The summed E-state index contributed by atoms with van der Waals surface area (Å²) >= 11 is 5.39. The van der Waals surface area contributed by atoms with Crippen molar-refractivity contribution in [2.45, 2.75) is 19.0 Å². The molecular weight excluding hydrogens is 244 g/mol.